The summed E-state index contributed by atoms with van der Waals surface area (Å²) >= 11 is 6.18. The van der Waals surface area contributed by atoms with Gasteiger partial charge in [-0.25, -0.2) is 0 Å². The molecule has 1 saturated heterocycles. The molecule has 0 bridgehead atoms. The van der Waals surface area contributed by atoms with Crippen LogP contribution >= 0.6 is 11.6 Å². The lowest BCUT2D eigenvalue weighted by atomic mass is 10.0. The van der Waals surface area contributed by atoms with Crippen molar-refractivity contribution < 1.29 is 9.32 Å². The average molecular weight is 398 g/mol. The zero-order valence-electron chi connectivity index (χ0n) is 15.2. The number of hydrogen-bond donors (Lipinski definition) is 1. The maximum absolute atomic E-state index is 12.5. The van der Waals surface area contributed by atoms with Crippen molar-refractivity contribution in [2.24, 2.45) is 0 Å². The van der Waals surface area contributed by atoms with Gasteiger partial charge in [0.1, 0.15) is 0 Å². The predicted octanol–water partition coefficient (Wildman–Crippen LogP) is 3.18. The number of carbonyl (C=O) groups is 1. The second-order valence-corrected chi connectivity index (χ2v) is 7.08. The van der Waals surface area contributed by atoms with E-state index in [4.69, 9.17) is 16.1 Å². The Kier molecular flexibility index (Phi) is 5.64. The van der Waals surface area contributed by atoms with E-state index in [1.54, 1.807) is 30.6 Å². The summed E-state index contributed by atoms with van der Waals surface area (Å²) in [5.74, 6) is 1.06. The van der Waals surface area contributed by atoms with Crippen LogP contribution in [-0.4, -0.2) is 45.1 Å². The Balaban J connectivity index is 1.28. The quantitative estimate of drug-likeness (QED) is 0.711. The summed E-state index contributed by atoms with van der Waals surface area (Å²) in [5.41, 5.74) is 1.43. The second kappa shape index (κ2) is 8.50. The summed E-state index contributed by atoms with van der Waals surface area (Å²) in [4.78, 5) is 22.7. The lowest BCUT2D eigenvalue weighted by Gasteiger charge is -2.32. The van der Waals surface area contributed by atoms with Crippen molar-refractivity contribution in [2.45, 2.75) is 25.4 Å². The van der Waals surface area contributed by atoms with Crippen molar-refractivity contribution in [3.8, 4) is 11.4 Å². The monoisotopic (exact) mass is 397 g/mol. The smallest absolute Gasteiger partial charge is 0.253 e. The van der Waals surface area contributed by atoms with Gasteiger partial charge in [-0.3, -0.25) is 9.78 Å². The summed E-state index contributed by atoms with van der Waals surface area (Å²) in [7, 11) is 0. The molecule has 8 heteroatoms. The summed E-state index contributed by atoms with van der Waals surface area (Å²) in [6, 6.07) is 11.2. The van der Waals surface area contributed by atoms with Crippen molar-refractivity contribution in [3.05, 3.63) is 65.3 Å². The number of benzene rings is 1. The van der Waals surface area contributed by atoms with Gasteiger partial charge in [0.15, 0.2) is 0 Å². The molecule has 0 radical (unpaired) electrons. The Hall–Kier alpha value is -2.77. The number of nitrogens with one attached hydrogen (secondary N) is 1. The van der Waals surface area contributed by atoms with Crippen molar-refractivity contribution in [1.29, 1.82) is 0 Å². The van der Waals surface area contributed by atoms with E-state index in [1.807, 2.05) is 23.1 Å². The Morgan fingerprint density at radius 1 is 1.18 bits per heavy atom. The molecule has 144 valence electrons. The first-order chi connectivity index (χ1) is 13.7. The number of pyridine rings is 1. The van der Waals surface area contributed by atoms with Crippen molar-refractivity contribution in [1.82, 2.24) is 25.3 Å². The minimum absolute atomic E-state index is 0.0575. The Labute approximate surface area is 167 Å². The number of nitrogens with zero attached hydrogens (tertiary/aromatic N) is 4. The minimum atomic E-state index is 0.0575. The maximum atomic E-state index is 12.5. The molecule has 1 aliphatic heterocycles. The maximum Gasteiger partial charge on any atom is 0.253 e. The molecule has 1 N–H and O–H groups in total. The van der Waals surface area contributed by atoms with Crippen LogP contribution in [0, 0.1) is 0 Å². The third-order valence-electron chi connectivity index (χ3n) is 4.83. The molecule has 2 aromatic heterocycles. The molecule has 1 aromatic carbocycles. The van der Waals surface area contributed by atoms with Gasteiger partial charge in [0, 0.05) is 42.7 Å². The molecule has 0 atom stereocenters. The van der Waals surface area contributed by atoms with E-state index in [0.29, 0.717) is 48.0 Å². The van der Waals surface area contributed by atoms with Gasteiger partial charge < -0.3 is 14.7 Å². The third kappa shape index (κ3) is 4.21. The van der Waals surface area contributed by atoms with E-state index in [0.717, 1.165) is 18.4 Å². The van der Waals surface area contributed by atoms with Crippen LogP contribution in [0.5, 0.6) is 0 Å². The fraction of sp³-hybridized carbons (Fsp3) is 0.300. The summed E-state index contributed by atoms with van der Waals surface area (Å²) in [6.07, 6.45) is 5.04. The van der Waals surface area contributed by atoms with Crippen LogP contribution in [0.15, 0.2) is 53.3 Å². The van der Waals surface area contributed by atoms with Crippen LogP contribution in [0.4, 0.5) is 0 Å². The Morgan fingerprint density at radius 3 is 2.68 bits per heavy atom. The normalized spacial score (nSPS) is 15.0. The highest BCUT2D eigenvalue weighted by atomic mass is 35.5. The second-order valence-electron chi connectivity index (χ2n) is 6.67. The number of piperidine rings is 1. The lowest BCUT2D eigenvalue weighted by molar-refractivity contribution is 0.0703. The molecular formula is C20H20ClN5O2. The molecule has 1 amide bonds. The molecule has 0 saturated carbocycles. The average Bonchev–Trinajstić information content (AvgIpc) is 3.22. The van der Waals surface area contributed by atoms with Crippen molar-refractivity contribution in [2.75, 3.05) is 13.1 Å². The first-order valence-electron chi connectivity index (χ1n) is 9.21. The number of rotatable bonds is 5. The van der Waals surface area contributed by atoms with Crippen LogP contribution in [-0.2, 0) is 6.54 Å². The Morgan fingerprint density at radius 2 is 1.93 bits per heavy atom. The molecule has 0 unspecified atom stereocenters. The highest BCUT2D eigenvalue weighted by Gasteiger charge is 2.23. The first-order valence-corrected chi connectivity index (χ1v) is 9.58. The highest BCUT2D eigenvalue weighted by molar-refractivity contribution is 6.33. The zero-order valence-corrected chi connectivity index (χ0v) is 16.0. The fourth-order valence-electron chi connectivity index (χ4n) is 3.27. The van der Waals surface area contributed by atoms with Gasteiger partial charge in [0.2, 0.25) is 11.7 Å². The van der Waals surface area contributed by atoms with E-state index in [2.05, 4.69) is 20.4 Å². The molecular weight excluding hydrogens is 378 g/mol. The highest BCUT2D eigenvalue weighted by Crippen LogP contribution is 2.25. The van der Waals surface area contributed by atoms with Gasteiger partial charge in [-0.1, -0.05) is 28.9 Å². The number of amides is 1. The molecule has 3 heterocycles. The minimum Gasteiger partial charge on any atom is -0.339 e. The Bertz CT molecular complexity index is 939. The van der Waals surface area contributed by atoms with Crippen LogP contribution in [0.2, 0.25) is 5.02 Å². The van der Waals surface area contributed by atoms with Gasteiger partial charge in [-0.15, -0.1) is 0 Å². The number of carbonyl (C=O) groups excluding carboxylic acids is 1. The van der Waals surface area contributed by atoms with E-state index in [-0.39, 0.29) is 5.91 Å². The topological polar surface area (TPSA) is 84.2 Å². The van der Waals surface area contributed by atoms with E-state index < -0.39 is 0 Å². The molecule has 4 rings (SSSR count). The zero-order chi connectivity index (χ0) is 19.3. The van der Waals surface area contributed by atoms with Crippen LogP contribution < -0.4 is 5.32 Å². The molecule has 28 heavy (non-hydrogen) atoms. The predicted molar refractivity (Wildman–Crippen MR) is 105 cm³/mol. The molecule has 1 fully saturated rings. The molecule has 0 spiro atoms. The fourth-order valence-corrected chi connectivity index (χ4v) is 3.49. The van der Waals surface area contributed by atoms with Crippen molar-refractivity contribution >= 4 is 17.5 Å². The summed E-state index contributed by atoms with van der Waals surface area (Å²) in [6.45, 7) is 1.92. The van der Waals surface area contributed by atoms with Gasteiger partial charge in [-0.2, -0.15) is 4.98 Å². The van der Waals surface area contributed by atoms with Gasteiger partial charge in [0.25, 0.3) is 5.91 Å². The van der Waals surface area contributed by atoms with E-state index >= 15 is 0 Å². The molecule has 0 aliphatic carbocycles. The van der Waals surface area contributed by atoms with Crippen molar-refractivity contribution in [3.63, 3.8) is 0 Å². The number of hydrogen-bond acceptors (Lipinski definition) is 6. The standard InChI is InChI=1S/C20H20ClN5O2/c21-17-4-2-1-3-16(17)19-24-18(28-25-19)13-23-15-7-11-26(12-8-15)20(27)14-5-9-22-10-6-14/h1-6,9-10,15,23H,7-8,11-13H2. The number of aromatic nitrogens is 3. The summed E-state index contributed by atoms with van der Waals surface area (Å²) in [5, 5.41) is 8.04. The van der Waals surface area contributed by atoms with Crippen LogP contribution in [0.25, 0.3) is 11.4 Å². The molecule has 1 aliphatic rings. The molecule has 7 nitrogen and oxygen atoms in total. The van der Waals surface area contributed by atoms with Gasteiger partial charge in [-0.05, 0) is 37.1 Å². The third-order valence-corrected chi connectivity index (χ3v) is 5.16. The van der Waals surface area contributed by atoms with E-state index in [9.17, 15) is 4.79 Å². The largest absolute Gasteiger partial charge is 0.339 e. The van der Waals surface area contributed by atoms with E-state index in [1.165, 1.54) is 0 Å². The van der Waals surface area contributed by atoms with Crippen LogP contribution in [0.3, 0.4) is 0 Å². The molecule has 3 aromatic rings. The van der Waals surface area contributed by atoms with Crippen LogP contribution in [0.1, 0.15) is 29.1 Å². The lowest BCUT2D eigenvalue weighted by Crippen LogP contribution is -2.44. The van der Waals surface area contributed by atoms with Gasteiger partial charge in [0.05, 0.1) is 11.6 Å². The number of likely N-dealkylation sites (tertiary alicyclic amines) is 1. The van der Waals surface area contributed by atoms with Gasteiger partial charge >= 0.3 is 0 Å². The summed E-state index contributed by atoms with van der Waals surface area (Å²) < 4.78 is 5.33. The number of halogens is 1. The first kappa shape index (κ1) is 18.6. The SMILES string of the molecule is O=C(c1ccncc1)N1CCC(NCc2nc(-c3ccccc3Cl)no2)CC1.